The number of halogens is 2. The average Bonchev–Trinajstić information content (AvgIpc) is 3.31. The number of fused-ring (bicyclic) bond motifs is 1. The fraction of sp³-hybridized carbons (Fsp3) is 0.133. The zero-order valence-corrected chi connectivity index (χ0v) is 21.7. The predicted molar refractivity (Wildman–Crippen MR) is 147 cm³/mol. The molecule has 4 aromatic carbocycles. The van der Waals surface area contributed by atoms with Crippen LogP contribution < -0.4 is 4.74 Å². The fourth-order valence-electron chi connectivity index (χ4n) is 4.29. The number of carboxylic acids is 1. The van der Waals surface area contributed by atoms with Crippen LogP contribution in [0.5, 0.6) is 5.75 Å². The molecule has 5 rings (SSSR count). The van der Waals surface area contributed by atoms with Crippen molar-refractivity contribution < 1.29 is 19.2 Å². The van der Waals surface area contributed by atoms with Crippen LogP contribution in [0.15, 0.2) is 83.4 Å². The number of hydrogen-bond donors (Lipinski definition) is 1. The van der Waals surface area contributed by atoms with Gasteiger partial charge in [-0.05, 0) is 64.4 Å². The number of ether oxygens (including phenoxy) is 1. The van der Waals surface area contributed by atoms with Crippen molar-refractivity contribution in [3.63, 3.8) is 0 Å². The van der Waals surface area contributed by atoms with Crippen molar-refractivity contribution in [1.82, 2.24) is 5.16 Å². The lowest BCUT2D eigenvalue weighted by atomic mass is 10.00. The minimum absolute atomic E-state index is 0.1000. The highest BCUT2D eigenvalue weighted by Gasteiger charge is 2.23. The number of carbonyl (C=O) groups is 1. The van der Waals surface area contributed by atoms with Gasteiger partial charge < -0.3 is 14.4 Å². The lowest BCUT2D eigenvalue weighted by molar-refractivity contribution is 0.0697. The van der Waals surface area contributed by atoms with Gasteiger partial charge in [-0.1, -0.05) is 78.6 Å². The Morgan fingerprint density at radius 2 is 1.57 bits per heavy atom. The first kappa shape index (κ1) is 24.9. The lowest BCUT2D eigenvalue weighted by Gasteiger charge is -2.11. The third-order valence-corrected chi connectivity index (χ3v) is 6.83. The lowest BCUT2D eigenvalue weighted by Crippen LogP contribution is -2.01. The van der Waals surface area contributed by atoms with Crippen molar-refractivity contribution in [1.29, 1.82) is 0 Å². The van der Waals surface area contributed by atoms with Crippen LogP contribution in [0.1, 0.15) is 41.4 Å². The van der Waals surface area contributed by atoms with E-state index in [0.717, 1.165) is 33.2 Å². The van der Waals surface area contributed by atoms with Gasteiger partial charge in [0.1, 0.15) is 23.8 Å². The summed E-state index contributed by atoms with van der Waals surface area (Å²) in [5.41, 5.74) is 4.34. The summed E-state index contributed by atoms with van der Waals surface area (Å²) in [4.78, 5) is 11.2. The minimum Gasteiger partial charge on any atom is -0.489 e. The third-order valence-electron chi connectivity index (χ3n) is 6.20. The van der Waals surface area contributed by atoms with Gasteiger partial charge >= 0.3 is 5.97 Å². The SMILES string of the molecule is CC(C)c1onc(-c2c(Cl)cccc2Cl)c1COc1ccc(-c2ccc3cc(C(=O)O)ccc3c2)cc1. The number of carboxylic acid groups (broad SMARTS) is 1. The molecule has 0 saturated heterocycles. The zero-order valence-electron chi connectivity index (χ0n) is 20.2. The predicted octanol–water partition coefficient (Wildman–Crippen LogP) is 8.87. The quantitative estimate of drug-likeness (QED) is 0.227. The van der Waals surface area contributed by atoms with E-state index in [4.69, 9.17) is 32.5 Å². The standard InChI is InChI=1S/C30H23Cl2NO4/c1-17(2)29-24(28(33-37-29)27-25(31)4-3-5-26(27)32)16-36-23-12-10-18(11-13-23)19-6-7-21-15-22(30(34)35)9-8-20(21)14-19/h3-15,17H,16H2,1-2H3,(H,34,35). The number of nitrogens with zero attached hydrogens (tertiary/aromatic N) is 1. The second kappa shape index (κ2) is 10.3. The molecule has 0 radical (unpaired) electrons. The molecule has 0 amide bonds. The Morgan fingerprint density at radius 1 is 0.919 bits per heavy atom. The molecule has 0 unspecified atom stereocenters. The Morgan fingerprint density at radius 3 is 2.24 bits per heavy atom. The molecule has 0 atom stereocenters. The van der Waals surface area contributed by atoms with Crippen molar-refractivity contribution in [2.24, 2.45) is 0 Å². The van der Waals surface area contributed by atoms with Gasteiger partial charge in [0, 0.05) is 11.5 Å². The molecule has 0 fully saturated rings. The van der Waals surface area contributed by atoms with Crippen LogP contribution in [-0.2, 0) is 6.61 Å². The maximum atomic E-state index is 11.2. The van der Waals surface area contributed by atoms with Crippen molar-refractivity contribution in [3.05, 3.63) is 106 Å². The summed E-state index contributed by atoms with van der Waals surface area (Å²) in [5.74, 6) is 0.589. The summed E-state index contributed by atoms with van der Waals surface area (Å²) in [6, 6.07) is 24.2. The maximum Gasteiger partial charge on any atom is 0.335 e. The van der Waals surface area contributed by atoms with Crippen LogP contribution in [0, 0.1) is 0 Å². The molecule has 1 heterocycles. The molecule has 0 spiro atoms. The van der Waals surface area contributed by atoms with Crippen LogP contribution in [-0.4, -0.2) is 16.2 Å². The maximum absolute atomic E-state index is 11.2. The molecule has 5 nitrogen and oxygen atoms in total. The van der Waals surface area contributed by atoms with E-state index in [-0.39, 0.29) is 18.1 Å². The summed E-state index contributed by atoms with van der Waals surface area (Å²) in [6.07, 6.45) is 0. The minimum atomic E-state index is -0.935. The molecule has 1 N–H and O–H groups in total. The highest BCUT2D eigenvalue weighted by molar-refractivity contribution is 6.39. The molecule has 0 bridgehead atoms. The fourth-order valence-corrected chi connectivity index (χ4v) is 4.87. The topological polar surface area (TPSA) is 72.6 Å². The van der Waals surface area contributed by atoms with Gasteiger partial charge in [-0.2, -0.15) is 0 Å². The molecule has 37 heavy (non-hydrogen) atoms. The van der Waals surface area contributed by atoms with Gasteiger partial charge in [0.25, 0.3) is 0 Å². The van der Waals surface area contributed by atoms with Gasteiger partial charge in [-0.3, -0.25) is 0 Å². The first-order valence-corrected chi connectivity index (χ1v) is 12.5. The van der Waals surface area contributed by atoms with E-state index in [1.165, 1.54) is 0 Å². The van der Waals surface area contributed by atoms with Crippen LogP contribution in [0.2, 0.25) is 10.0 Å². The van der Waals surface area contributed by atoms with Gasteiger partial charge in [0.2, 0.25) is 0 Å². The molecule has 5 aromatic rings. The van der Waals surface area contributed by atoms with E-state index in [0.29, 0.717) is 27.1 Å². The molecule has 0 aliphatic heterocycles. The first-order chi connectivity index (χ1) is 17.8. The normalized spacial score (nSPS) is 11.3. The van der Waals surface area contributed by atoms with Gasteiger partial charge in [0.15, 0.2) is 0 Å². The summed E-state index contributed by atoms with van der Waals surface area (Å²) in [7, 11) is 0. The van der Waals surface area contributed by atoms with E-state index >= 15 is 0 Å². The number of benzene rings is 4. The van der Waals surface area contributed by atoms with Crippen molar-refractivity contribution in [2.45, 2.75) is 26.4 Å². The van der Waals surface area contributed by atoms with Gasteiger partial charge in [-0.25, -0.2) is 4.79 Å². The molecule has 7 heteroatoms. The number of hydrogen-bond acceptors (Lipinski definition) is 4. The summed E-state index contributed by atoms with van der Waals surface area (Å²) < 4.78 is 11.8. The van der Waals surface area contributed by atoms with Crippen molar-refractivity contribution >= 4 is 39.9 Å². The zero-order chi connectivity index (χ0) is 26.1. The summed E-state index contributed by atoms with van der Waals surface area (Å²) in [6.45, 7) is 4.31. The van der Waals surface area contributed by atoms with Crippen LogP contribution in [0.25, 0.3) is 33.2 Å². The number of aromatic carboxylic acids is 1. The smallest absolute Gasteiger partial charge is 0.335 e. The van der Waals surface area contributed by atoms with Crippen molar-refractivity contribution in [2.75, 3.05) is 0 Å². The van der Waals surface area contributed by atoms with E-state index < -0.39 is 5.97 Å². The Bertz CT molecular complexity index is 1590. The van der Waals surface area contributed by atoms with Gasteiger partial charge in [-0.15, -0.1) is 0 Å². The Hall–Kier alpha value is -3.80. The molecule has 0 saturated carbocycles. The first-order valence-electron chi connectivity index (χ1n) is 11.7. The molecular weight excluding hydrogens is 509 g/mol. The summed E-state index contributed by atoms with van der Waals surface area (Å²) >= 11 is 12.9. The number of aromatic nitrogens is 1. The highest BCUT2D eigenvalue weighted by Crippen LogP contribution is 2.39. The summed E-state index contributed by atoms with van der Waals surface area (Å²) in [5, 5.41) is 16.3. The van der Waals surface area contributed by atoms with E-state index in [1.807, 2.05) is 62.4 Å². The van der Waals surface area contributed by atoms with E-state index in [1.54, 1.807) is 30.3 Å². The Kier molecular flexibility index (Phi) is 6.92. The average molecular weight is 532 g/mol. The largest absolute Gasteiger partial charge is 0.489 e. The van der Waals surface area contributed by atoms with Crippen LogP contribution >= 0.6 is 23.2 Å². The number of rotatable bonds is 7. The Labute approximate surface area is 224 Å². The molecule has 186 valence electrons. The molecular formula is C30H23Cl2NO4. The van der Waals surface area contributed by atoms with Gasteiger partial charge in [0.05, 0.1) is 21.2 Å². The second-order valence-electron chi connectivity index (χ2n) is 9.02. The third kappa shape index (κ3) is 5.06. The molecule has 1 aromatic heterocycles. The Balaban J connectivity index is 1.38. The highest BCUT2D eigenvalue weighted by atomic mass is 35.5. The monoisotopic (exact) mass is 531 g/mol. The second-order valence-corrected chi connectivity index (χ2v) is 9.83. The van der Waals surface area contributed by atoms with Crippen LogP contribution in [0.4, 0.5) is 0 Å². The van der Waals surface area contributed by atoms with E-state index in [2.05, 4.69) is 5.16 Å². The molecule has 0 aliphatic rings. The van der Waals surface area contributed by atoms with E-state index in [9.17, 15) is 9.90 Å². The van der Waals surface area contributed by atoms with Crippen LogP contribution in [0.3, 0.4) is 0 Å². The molecule has 0 aliphatic carbocycles. The van der Waals surface area contributed by atoms with Crippen molar-refractivity contribution in [3.8, 4) is 28.1 Å².